The van der Waals surface area contributed by atoms with Crippen LogP contribution in [-0.2, 0) is 0 Å². The molecule has 0 bridgehead atoms. The van der Waals surface area contributed by atoms with Crippen LogP contribution in [0.5, 0.6) is 0 Å². The van der Waals surface area contributed by atoms with E-state index in [9.17, 15) is 18.0 Å². The molecule has 0 spiro atoms. The van der Waals surface area contributed by atoms with Gasteiger partial charge in [0.2, 0.25) is 0 Å². The van der Waals surface area contributed by atoms with Crippen LogP contribution in [-0.4, -0.2) is 65.8 Å². The highest BCUT2D eigenvalue weighted by Gasteiger charge is 2.48. The predicted octanol–water partition coefficient (Wildman–Crippen LogP) is 2.38. The SMILES string of the molecule is Cc1c#cc(Nc2c(C(=O)N3CC([OH2+])(CCNCC4=CN(C)[C@@H](C)N4)C3)ccc(F)c2F)c(F)c1. The van der Waals surface area contributed by atoms with E-state index >= 15 is 0 Å². The molecule has 2 aliphatic heterocycles. The summed E-state index contributed by atoms with van der Waals surface area (Å²) >= 11 is 0. The summed E-state index contributed by atoms with van der Waals surface area (Å²) in [6.45, 7) is 5.25. The Bertz CT molecular complexity index is 1150. The van der Waals surface area contributed by atoms with Gasteiger partial charge >= 0.3 is 0 Å². The molecule has 1 fully saturated rings. The lowest BCUT2D eigenvalue weighted by atomic mass is 9.89. The number of halogens is 3. The van der Waals surface area contributed by atoms with Crippen LogP contribution in [0, 0.1) is 36.5 Å². The average molecular weight is 489 g/mol. The van der Waals surface area contributed by atoms with Crippen molar-refractivity contribution < 1.29 is 23.1 Å². The number of anilines is 2. The van der Waals surface area contributed by atoms with Crippen LogP contribution in [0.4, 0.5) is 24.5 Å². The van der Waals surface area contributed by atoms with E-state index in [-0.39, 0.29) is 30.5 Å². The highest BCUT2D eigenvalue weighted by atomic mass is 19.2. The highest BCUT2D eigenvalue weighted by molar-refractivity contribution is 6.01. The van der Waals surface area contributed by atoms with Crippen LogP contribution < -0.4 is 16.0 Å². The zero-order chi connectivity index (χ0) is 25.3. The second-order valence-electron chi connectivity index (χ2n) is 9.22. The molecule has 35 heavy (non-hydrogen) atoms. The topological polar surface area (TPSA) is 82.5 Å². The van der Waals surface area contributed by atoms with Gasteiger partial charge in [-0.2, -0.15) is 0 Å². The van der Waals surface area contributed by atoms with Crippen molar-refractivity contribution in [2.75, 3.05) is 38.5 Å². The number of likely N-dealkylation sites (tertiary alicyclic amines) is 1. The average Bonchev–Trinajstić information content (AvgIpc) is 3.11. The van der Waals surface area contributed by atoms with E-state index in [1.54, 1.807) is 6.92 Å². The lowest BCUT2D eigenvalue weighted by Gasteiger charge is -2.43. The lowest BCUT2D eigenvalue weighted by Crippen LogP contribution is -2.64. The van der Waals surface area contributed by atoms with E-state index in [1.807, 2.05) is 13.2 Å². The van der Waals surface area contributed by atoms with E-state index < -0.39 is 34.6 Å². The molecule has 1 saturated heterocycles. The molecule has 0 radical (unpaired) electrons. The molecule has 0 aliphatic carbocycles. The number of benzene rings is 1. The minimum absolute atomic E-state index is 0.144. The van der Waals surface area contributed by atoms with E-state index in [1.165, 1.54) is 11.0 Å². The predicted molar refractivity (Wildman–Crippen MR) is 127 cm³/mol. The van der Waals surface area contributed by atoms with E-state index in [2.05, 4.69) is 39.9 Å². The fourth-order valence-corrected chi connectivity index (χ4v) is 4.16. The Balaban J connectivity index is 1.37. The third-order valence-electron chi connectivity index (χ3n) is 6.28. The zero-order valence-corrected chi connectivity index (χ0v) is 19.9. The van der Waals surface area contributed by atoms with Crippen molar-refractivity contribution in [3.05, 3.63) is 70.8 Å². The van der Waals surface area contributed by atoms with Crippen molar-refractivity contribution in [3.8, 4) is 0 Å². The van der Waals surface area contributed by atoms with Gasteiger partial charge in [-0.3, -0.25) is 4.79 Å². The van der Waals surface area contributed by atoms with Crippen LogP contribution >= 0.6 is 0 Å². The normalized spacial score (nSPS) is 18.5. The van der Waals surface area contributed by atoms with E-state index in [0.717, 1.165) is 17.8 Å². The Hall–Kier alpha value is -3.42. The fraction of sp³-hybridized carbons (Fsp3) is 0.400. The smallest absolute Gasteiger partial charge is 0.256 e. The standard InChI is InChI=1S/C25H28F3N5O2/c1-15-4-7-21(20(27)10-15)31-23-18(5-6-19(26)22(23)28)24(34)33-13-25(35,14-33)8-9-29-11-17-12-32(3)16(2)30-17/h5-6,10,12,16,29-31,35H,8-9,11,13-14H2,1-3H3/p+1/t16-/m0/s1. The number of aryl methyl sites for hydroxylation is 1. The summed E-state index contributed by atoms with van der Waals surface area (Å²) in [6.07, 6.45) is 2.80. The number of nitrogens with one attached hydrogen (secondary N) is 3. The van der Waals surface area contributed by atoms with Crippen molar-refractivity contribution in [2.45, 2.75) is 32.0 Å². The molecule has 2 heterocycles. The number of hydrogen-bond acceptors (Lipinski definition) is 5. The first-order valence-electron chi connectivity index (χ1n) is 11.4. The third kappa shape index (κ3) is 5.31. The van der Waals surface area contributed by atoms with Crippen molar-refractivity contribution in [3.63, 3.8) is 0 Å². The molecule has 4 rings (SSSR count). The second kappa shape index (κ2) is 9.68. The third-order valence-corrected chi connectivity index (χ3v) is 6.28. The number of carbonyl (C=O) groups excluding carboxylic acids is 1. The van der Waals surface area contributed by atoms with E-state index in [0.29, 0.717) is 25.1 Å². The monoisotopic (exact) mass is 488 g/mol. The van der Waals surface area contributed by atoms with Gasteiger partial charge in [0.1, 0.15) is 5.69 Å². The Kier molecular flexibility index (Phi) is 6.83. The molecule has 0 unspecified atom stereocenters. The summed E-state index contributed by atoms with van der Waals surface area (Å²) in [5.41, 5.74) is -0.127. The Morgan fingerprint density at radius 1 is 1.26 bits per heavy atom. The minimum Gasteiger partial charge on any atom is -0.438 e. The van der Waals surface area contributed by atoms with Crippen molar-refractivity contribution in [2.24, 2.45) is 0 Å². The van der Waals surface area contributed by atoms with Crippen molar-refractivity contribution in [1.29, 1.82) is 0 Å². The largest absolute Gasteiger partial charge is 0.438 e. The molecule has 186 valence electrons. The Morgan fingerprint density at radius 3 is 2.66 bits per heavy atom. The molecular weight excluding hydrogens is 459 g/mol. The van der Waals surface area contributed by atoms with Gasteiger partial charge in [-0.1, -0.05) is 6.07 Å². The maximum Gasteiger partial charge on any atom is 0.256 e. The summed E-state index contributed by atoms with van der Waals surface area (Å²) in [6, 6.07) is 8.37. The van der Waals surface area contributed by atoms with Crippen LogP contribution in [0.1, 0.15) is 29.3 Å². The van der Waals surface area contributed by atoms with Crippen LogP contribution in [0.15, 0.2) is 30.1 Å². The van der Waals surface area contributed by atoms with Gasteiger partial charge in [-0.25, -0.2) is 13.2 Å². The number of hydrogen-bond donors (Lipinski definition) is 3. The van der Waals surface area contributed by atoms with Gasteiger partial charge in [-0.15, -0.1) is 0 Å². The van der Waals surface area contributed by atoms with Gasteiger partial charge < -0.3 is 30.9 Å². The molecule has 2 aliphatic rings. The second-order valence-corrected chi connectivity index (χ2v) is 9.22. The number of rotatable bonds is 8. The molecule has 0 saturated carbocycles. The number of carbonyl (C=O) groups is 1. The first-order chi connectivity index (χ1) is 16.6. The first kappa shape index (κ1) is 24.7. The molecule has 5 N–H and O–H groups in total. The summed E-state index contributed by atoms with van der Waals surface area (Å²) in [5, 5.41) is 17.7. The Labute approximate surface area is 202 Å². The first-order valence-corrected chi connectivity index (χ1v) is 11.4. The highest BCUT2D eigenvalue weighted by Crippen LogP contribution is 2.32. The molecule has 1 amide bonds. The lowest BCUT2D eigenvalue weighted by molar-refractivity contribution is -0.0850. The van der Waals surface area contributed by atoms with Crippen molar-refractivity contribution >= 4 is 17.3 Å². The molecule has 7 nitrogen and oxygen atoms in total. The molecule has 0 aromatic heterocycles. The van der Waals surface area contributed by atoms with Gasteiger partial charge in [0, 0.05) is 44.0 Å². The molecule has 2 aromatic carbocycles. The van der Waals surface area contributed by atoms with E-state index in [4.69, 9.17) is 5.11 Å². The fourth-order valence-electron chi connectivity index (χ4n) is 4.16. The maximum atomic E-state index is 14.6. The van der Waals surface area contributed by atoms with Gasteiger partial charge in [0.25, 0.3) is 5.91 Å². The quantitative estimate of drug-likeness (QED) is 0.393. The van der Waals surface area contributed by atoms with Crippen LogP contribution in [0.25, 0.3) is 0 Å². The molecular formula is C25H29F3N5O2+. The summed E-state index contributed by atoms with van der Waals surface area (Å²) in [7, 11) is 1.99. The Morgan fingerprint density at radius 2 is 2.00 bits per heavy atom. The number of amides is 1. The molecule has 1 atom stereocenters. The maximum absolute atomic E-state index is 14.6. The number of nitrogens with zero attached hydrogens (tertiary/aromatic N) is 2. The van der Waals surface area contributed by atoms with Gasteiger partial charge in [0.05, 0.1) is 30.5 Å². The summed E-state index contributed by atoms with van der Waals surface area (Å²) < 4.78 is 42.8. The van der Waals surface area contributed by atoms with Crippen molar-refractivity contribution in [1.82, 2.24) is 20.4 Å². The zero-order valence-electron chi connectivity index (χ0n) is 19.9. The van der Waals surface area contributed by atoms with Gasteiger partial charge in [-0.05, 0) is 38.1 Å². The van der Waals surface area contributed by atoms with Gasteiger partial charge in [0.15, 0.2) is 23.1 Å². The van der Waals surface area contributed by atoms with Crippen LogP contribution in [0.2, 0.25) is 0 Å². The summed E-state index contributed by atoms with van der Waals surface area (Å²) in [4.78, 5) is 16.5. The van der Waals surface area contributed by atoms with Crippen LogP contribution in [0.3, 0.4) is 0 Å². The molecule has 2 aromatic rings. The summed E-state index contributed by atoms with van der Waals surface area (Å²) in [5.74, 6) is -3.75. The molecule has 10 heteroatoms. The minimum atomic E-state index is -1.29.